The Morgan fingerprint density at radius 1 is 1.12 bits per heavy atom. The van der Waals surface area contributed by atoms with Gasteiger partial charge >= 0.3 is 0 Å². The second-order valence-corrected chi connectivity index (χ2v) is 4.22. The van der Waals surface area contributed by atoms with Crippen LogP contribution in [0.1, 0.15) is 12.8 Å². The van der Waals surface area contributed by atoms with Crippen molar-refractivity contribution in [2.75, 3.05) is 41.0 Å². The maximum Gasteiger partial charge on any atom is 0.238 e. The van der Waals surface area contributed by atoms with E-state index in [2.05, 4.69) is 5.32 Å². The molecular weight excluding hydrogens is 224 g/mol. The first kappa shape index (κ1) is 14.8. The Balaban J connectivity index is 2.51. The Morgan fingerprint density at radius 2 is 1.59 bits per heavy atom. The Hall–Kier alpha value is -0.240. The molecule has 1 fully saturated rings. The Bertz CT molecular complexity index is 200. The van der Waals surface area contributed by atoms with Crippen molar-refractivity contribution in [3.05, 3.63) is 0 Å². The SMILES string of the molecule is CNCC1(N)OC(CCOC)C(CCOC)O1. The third-order valence-corrected chi connectivity index (χ3v) is 2.75. The molecule has 1 rings (SSSR count). The lowest BCUT2D eigenvalue weighted by molar-refractivity contribution is -0.168. The summed E-state index contributed by atoms with van der Waals surface area (Å²) < 4.78 is 21.6. The Morgan fingerprint density at radius 3 is 1.94 bits per heavy atom. The molecule has 0 aromatic carbocycles. The molecule has 2 atom stereocenters. The molecule has 6 heteroatoms. The smallest absolute Gasteiger partial charge is 0.238 e. The lowest BCUT2D eigenvalue weighted by atomic mass is 10.1. The molecule has 3 N–H and O–H groups in total. The summed E-state index contributed by atoms with van der Waals surface area (Å²) in [6.07, 6.45) is 1.47. The highest BCUT2D eigenvalue weighted by atomic mass is 16.8. The van der Waals surface area contributed by atoms with Crippen LogP contribution in [-0.2, 0) is 18.9 Å². The molecule has 1 heterocycles. The van der Waals surface area contributed by atoms with Crippen LogP contribution in [0.15, 0.2) is 0 Å². The maximum absolute atomic E-state index is 6.01. The predicted molar refractivity (Wildman–Crippen MR) is 63.6 cm³/mol. The van der Waals surface area contributed by atoms with Gasteiger partial charge in [0.25, 0.3) is 0 Å². The van der Waals surface area contributed by atoms with Crippen LogP contribution in [0, 0.1) is 0 Å². The van der Waals surface area contributed by atoms with E-state index in [1.807, 2.05) is 7.05 Å². The zero-order valence-corrected chi connectivity index (χ0v) is 10.9. The van der Waals surface area contributed by atoms with E-state index in [0.717, 1.165) is 12.8 Å². The number of ether oxygens (including phenoxy) is 4. The molecule has 0 amide bonds. The average molecular weight is 248 g/mol. The largest absolute Gasteiger partial charge is 0.385 e. The van der Waals surface area contributed by atoms with Crippen LogP contribution >= 0.6 is 0 Å². The number of methoxy groups -OCH3 is 2. The molecule has 1 saturated heterocycles. The summed E-state index contributed by atoms with van der Waals surface area (Å²) in [6, 6.07) is 0. The minimum Gasteiger partial charge on any atom is -0.385 e. The Kier molecular flexibility index (Phi) is 6.32. The third-order valence-electron chi connectivity index (χ3n) is 2.75. The molecule has 0 bridgehead atoms. The quantitative estimate of drug-likeness (QED) is 0.613. The number of nitrogens with two attached hydrogens (primary N) is 1. The van der Waals surface area contributed by atoms with Crippen molar-refractivity contribution in [3.8, 4) is 0 Å². The molecule has 0 aromatic rings. The molecule has 0 aromatic heterocycles. The van der Waals surface area contributed by atoms with Gasteiger partial charge in [-0.15, -0.1) is 0 Å². The molecule has 0 saturated carbocycles. The van der Waals surface area contributed by atoms with Gasteiger partial charge in [-0.05, 0) is 19.9 Å². The third kappa shape index (κ3) is 4.50. The van der Waals surface area contributed by atoms with Crippen LogP contribution in [-0.4, -0.2) is 59.1 Å². The second-order valence-electron chi connectivity index (χ2n) is 4.22. The highest BCUT2D eigenvalue weighted by Crippen LogP contribution is 2.28. The van der Waals surface area contributed by atoms with Crippen molar-refractivity contribution >= 4 is 0 Å². The Labute approximate surface area is 103 Å². The van der Waals surface area contributed by atoms with Gasteiger partial charge in [0, 0.05) is 27.4 Å². The zero-order chi connectivity index (χ0) is 12.7. The number of hydrogen-bond acceptors (Lipinski definition) is 6. The van der Waals surface area contributed by atoms with Gasteiger partial charge in [0.1, 0.15) is 0 Å². The lowest BCUT2D eigenvalue weighted by Gasteiger charge is -2.22. The monoisotopic (exact) mass is 248 g/mol. The summed E-state index contributed by atoms with van der Waals surface area (Å²) in [6.45, 7) is 1.72. The van der Waals surface area contributed by atoms with Crippen LogP contribution in [0.3, 0.4) is 0 Å². The van der Waals surface area contributed by atoms with Gasteiger partial charge in [0.15, 0.2) is 0 Å². The van der Waals surface area contributed by atoms with Gasteiger partial charge in [-0.25, -0.2) is 0 Å². The average Bonchev–Trinajstić information content (AvgIpc) is 2.61. The van der Waals surface area contributed by atoms with Crippen molar-refractivity contribution in [2.24, 2.45) is 5.73 Å². The van der Waals surface area contributed by atoms with E-state index < -0.39 is 5.91 Å². The summed E-state index contributed by atoms with van der Waals surface area (Å²) in [4.78, 5) is 0. The predicted octanol–water partition coefficient (Wildman–Crippen LogP) is -0.325. The van der Waals surface area contributed by atoms with Crippen molar-refractivity contribution in [1.82, 2.24) is 5.32 Å². The van der Waals surface area contributed by atoms with Crippen LogP contribution in [0.2, 0.25) is 0 Å². The van der Waals surface area contributed by atoms with Crippen molar-refractivity contribution in [3.63, 3.8) is 0 Å². The molecule has 0 aliphatic carbocycles. The topological polar surface area (TPSA) is 75.0 Å². The summed E-state index contributed by atoms with van der Waals surface area (Å²) >= 11 is 0. The van der Waals surface area contributed by atoms with Gasteiger partial charge in [-0.3, -0.25) is 5.73 Å². The van der Waals surface area contributed by atoms with Crippen molar-refractivity contribution < 1.29 is 18.9 Å². The molecule has 6 nitrogen and oxygen atoms in total. The minimum absolute atomic E-state index is 0.0385. The first-order valence-electron chi connectivity index (χ1n) is 5.92. The van der Waals surface area contributed by atoms with E-state index in [-0.39, 0.29) is 12.2 Å². The van der Waals surface area contributed by atoms with Crippen molar-refractivity contribution in [1.29, 1.82) is 0 Å². The fourth-order valence-electron chi connectivity index (χ4n) is 1.98. The number of hydrogen-bond donors (Lipinski definition) is 2. The molecular formula is C11H24N2O4. The van der Waals surface area contributed by atoms with Gasteiger partial charge in [0.2, 0.25) is 5.91 Å². The van der Waals surface area contributed by atoms with Gasteiger partial charge in [0.05, 0.1) is 18.8 Å². The van der Waals surface area contributed by atoms with Crippen LogP contribution < -0.4 is 11.1 Å². The lowest BCUT2D eigenvalue weighted by Crippen LogP contribution is -2.49. The molecule has 0 radical (unpaired) electrons. The summed E-state index contributed by atoms with van der Waals surface area (Å²) in [5.74, 6) is -1.04. The maximum atomic E-state index is 6.01. The zero-order valence-electron chi connectivity index (χ0n) is 10.9. The van der Waals surface area contributed by atoms with Crippen LogP contribution in [0.25, 0.3) is 0 Å². The number of nitrogens with one attached hydrogen (secondary N) is 1. The number of rotatable bonds is 8. The van der Waals surface area contributed by atoms with E-state index >= 15 is 0 Å². The molecule has 2 unspecified atom stereocenters. The van der Waals surface area contributed by atoms with E-state index in [4.69, 9.17) is 24.7 Å². The highest BCUT2D eigenvalue weighted by Gasteiger charge is 2.44. The van der Waals surface area contributed by atoms with Gasteiger partial charge < -0.3 is 24.3 Å². The molecule has 1 aliphatic rings. The number of likely N-dealkylation sites (N-methyl/N-ethyl adjacent to an activating group) is 1. The molecule has 17 heavy (non-hydrogen) atoms. The first-order valence-corrected chi connectivity index (χ1v) is 5.92. The fraction of sp³-hybridized carbons (Fsp3) is 1.00. The summed E-state index contributed by atoms with van der Waals surface area (Å²) in [7, 11) is 5.15. The first-order chi connectivity index (χ1) is 8.15. The van der Waals surface area contributed by atoms with Crippen LogP contribution in [0.5, 0.6) is 0 Å². The van der Waals surface area contributed by atoms with E-state index in [9.17, 15) is 0 Å². The second kappa shape index (κ2) is 7.25. The molecule has 0 spiro atoms. The fourth-order valence-corrected chi connectivity index (χ4v) is 1.98. The van der Waals surface area contributed by atoms with Gasteiger partial charge in [-0.2, -0.15) is 0 Å². The molecule has 1 aliphatic heterocycles. The van der Waals surface area contributed by atoms with E-state index in [1.165, 1.54) is 0 Å². The minimum atomic E-state index is -1.04. The normalized spacial score (nSPS) is 33.2. The van der Waals surface area contributed by atoms with E-state index in [1.54, 1.807) is 14.2 Å². The van der Waals surface area contributed by atoms with E-state index in [0.29, 0.717) is 19.8 Å². The molecule has 102 valence electrons. The summed E-state index contributed by atoms with van der Waals surface area (Å²) in [5, 5.41) is 2.97. The highest BCUT2D eigenvalue weighted by molar-refractivity contribution is 4.83. The van der Waals surface area contributed by atoms with Crippen molar-refractivity contribution in [2.45, 2.75) is 31.0 Å². The summed E-state index contributed by atoms with van der Waals surface area (Å²) in [5.41, 5.74) is 6.01. The van der Waals surface area contributed by atoms with Crippen LogP contribution in [0.4, 0.5) is 0 Å². The standard InChI is InChI=1S/C11H24N2O4/c1-13-8-11(12)16-9(4-6-14-2)10(17-11)5-7-15-3/h9-10,13H,4-8,12H2,1-3H3. The van der Waals surface area contributed by atoms with Gasteiger partial charge in [-0.1, -0.05) is 0 Å².